The van der Waals surface area contributed by atoms with Crippen molar-refractivity contribution in [2.45, 2.75) is 162 Å². The zero-order chi connectivity index (χ0) is 39.1. The van der Waals surface area contributed by atoms with Gasteiger partial charge in [0.1, 0.15) is 6.61 Å². The van der Waals surface area contributed by atoms with Crippen molar-refractivity contribution in [1.82, 2.24) is 0 Å². The Labute approximate surface area is 322 Å². The van der Waals surface area contributed by atoms with E-state index in [0.29, 0.717) is 54.8 Å². The van der Waals surface area contributed by atoms with Gasteiger partial charge in [-0.2, -0.15) is 0 Å². The minimum absolute atomic E-state index is 0.0541. The van der Waals surface area contributed by atoms with Crippen LogP contribution in [-0.2, 0) is 14.4 Å². The molecule has 0 aliphatic heterocycles. The molecule has 8 rings (SSSR count). The van der Waals surface area contributed by atoms with E-state index in [9.17, 15) is 39.9 Å². The van der Waals surface area contributed by atoms with Gasteiger partial charge in [-0.25, -0.2) is 0 Å². The lowest BCUT2D eigenvalue weighted by Crippen LogP contribution is -2.62. The standard InChI is InChI=1S/C24H40O5.C21H30O4/c1-13(4-7-21(28)29)16-5-6-17-22-18(12-20(27)24(16,17)3)23(2)9-8-15(25)10-14(23)11-19(22)26;1-20-8-7-13(23)9-12(20)3-4-14-15-5-6-16(18(25)11-22)21(15,2)10-17(24)19(14)20/h13-20,22,25-27H,4-12H2,1-3H3,(H,28,29);9,14-17,19,22,24H,3-8,10-11H2,1-2H3/t13-,14+,15-,16-,17+,18+,19-,20+,22+,23+,24-;14-,15-,16+,17-,19+,20-,21-/m10/s1. The molecule has 0 heterocycles. The first-order valence-electron chi connectivity index (χ1n) is 21.7. The third-order valence-corrected chi connectivity index (χ3v) is 18.8. The van der Waals surface area contributed by atoms with E-state index >= 15 is 0 Å². The van der Waals surface area contributed by atoms with Crippen LogP contribution in [0.15, 0.2) is 11.6 Å². The van der Waals surface area contributed by atoms with Crippen LogP contribution in [-0.4, -0.2) is 79.2 Å². The Kier molecular flexibility index (Phi) is 11.0. The number of carbonyl (C=O) groups excluding carboxylic acids is 2. The topological polar surface area (TPSA) is 173 Å². The highest BCUT2D eigenvalue weighted by atomic mass is 16.4. The lowest BCUT2D eigenvalue weighted by atomic mass is 9.43. The molecular formula is C45H70O9. The molecule has 8 aliphatic rings. The summed E-state index contributed by atoms with van der Waals surface area (Å²) in [6.45, 7) is 10.8. The molecule has 0 amide bonds. The summed E-state index contributed by atoms with van der Waals surface area (Å²) in [6.07, 6.45) is 13.3. The van der Waals surface area contributed by atoms with Crippen molar-refractivity contribution >= 4 is 17.5 Å². The summed E-state index contributed by atoms with van der Waals surface area (Å²) in [5.41, 5.74) is 0.836. The van der Waals surface area contributed by atoms with Gasteiger partial charge in [-0.3, -0.25) is 14.4 Å². The first-order chi connectivity index (χ1) is 25.4. The van der Waals surface area contributed by atoms with Crippen molar-refractivity contribution < 1.29 is 45.0 Å². The quantitative estimate of drug-likeness (QED) is 0.187. The SMILES string of the molecule is C[C@H](CCC(=O)O)[C@H]1CC[C@H]2[C@@H]3[C@H](O)C[C@@H]4C[C@H](O)CC[C@]4(C)[C@H]3C[C@H](O)[C@]12C.C[C@]12C[C@H](O)[C@H]3[C@@H](CCC4=CC(=O)CC[C@@]43C)[C@@H]1CC[C@@H]2C(=O)CO. The van der Waals surface area contributed by atoms with Crippen molar-refractivity contribution in [3.63, 3.8) is 0 Å². The number of aliphatic carboxylic acids is 1. The van der Waals surface area contributed by atoms with Crippen LogP contribution in [0.4, 0.5) is 0 Å². The number of allylic oxidation sites excluding steroid dienone is 1. The van der Waals surface area contributed by atoms with Crippen LogP contribution in [0.3, 0.4) is 0 Å². The highest BCUT2D eigenvalue weighted by molar-refractivity contribution is 5.91. The van der Waals surface area contributed by atoms with Gasteiger partial charge in [0.05, 0.1) is 24.4 Å². The number of hydrogen-bond acceptors (Lipinski definition) is 8. The molecule has 0 aromatic rings. The fourth-order valence-electron chi connectivity index (χ4n) is 16.0. The first kappa shape index (κ1) is 40.5. The largest absolute Gasteiger partial charge is 0.481 e. The van der Waals surface area contributed by atoms with Gasteiger partial charge in [-0.15, -0.1) is 0 Å². The number of ketones is 2. The summed E-state index contributed by atoms with van der Waals surface area (Å²) in [7, 11) is 0. The highest BCUT2D eigenvalue weighted by Gasteiger charge is 2.66. The summed E-state index contributed by atoms with van der Waals surface area (Å²) >= 11 is 0. The van der Waals surface area contributed by atoms with Gasteiger partial charge < -0.3 is 30.6 Å². The third kappa shape index (κ3) is 6.31. The molecule has 0 radical (unpaired) electrons. The Morgan fingerprint density at radius 1 is 0.833 bits per heavy atom. The van der Waals surface area contributed by atoms with Crippen LogP contribution in [0.1, 0.15) is 137 Å². The second-order valence-corrected chi connectivity index (χ2v) is 20.9. The van der Waals surface area contributed by atoms with E-state index in [1.54, 1.807) is 0 Å². The predicted octanol–water partition coefficient (Wildman–Crippen LogP) is 6.12. The maximum absolute atomic E-state index is 12.3. The monoisotopic (exact) mass is 755 g/mol. The molecule has 8 aliphatic carbocycles. The zero-order valence-electron chi connectivity index (χ0n) is 33.6. The lowest BCUT2D eigenvalue weighted by molar-refractivity contribution is -0.207. The van der Waals surface area contributed by atoms with Crippen molar-refractivity contribution in [2.24, 2.45) is 80.8 Å². The number of rotatable bonds is 6. The van der Waals surface area contributed by atoms with Gasteiger partial charge in [-0.1, -0.05) is 40.2 Å². The second kappa shape index (κ2) is 14.6. The van der Waals surface area contributed by atoms with Crippen LogP contribution >= 0.6 is 0 Å². The van der Waals surface area contributed by atoms with Crippen LogP contribution in [0.25, 0.3) is 0 Å². The lowest BCUT2D eigenvalue weighted by Gasteiger charge is -2.63. The fourth-order valence-corrected chi connectivity index (χ4v) is 16.0. The van der Waals surface area contributed by atoms with E-state index < -0.39 is 18.2 Å². The van der Waals surface area contributed by atoms with Crippen molar-refractivity contribution in [3.8, 4) is 0 Å². The molecule has 0 saturated heterocycles. The van der Waals surface area contributed by atoms with Crippen molar-refractivity contribution in [2.75, 3.05) is 6.61 Å². The molecule has 7 fully saturated rings. The molecule has 54 heavy (non-hydrogen) atoms. The summed E-state index contributed by atoms with van der Waals surface area (Å²) in [6, 6.07) is 0. The summed E-state index contributed by atoms with van der Waals surface area (Å²) in [4.78, 5) is 35.2. The van der Waals surface area contributed by atoms with E-state index in [1.165, 1.54) is 5.57 Å². The number of hydrogen-bond donors (Lipinski definition) is 6. The minimum Gasteiger partial charge on any atom is -0.481 e. The predicted molar refractivity (Wildman–Crippen MR) is 204 cm³/mol. The van der Waals surface area contributed by atoms with Crippen molar-refractivity contribution in [3.05, 3.63) is 11.6 Å². The van der Waals surface area contributed by atoms with E-state index in [-0.39, 0.29) is 82.1 Å². The van der Waals surface area contributed by atoms with Crippen molar-refractivity contribution in [1.29, 1.82) is 0 Å². The average molecular weight is 755 g/mol. The molecule has 0 aromatic carbocycles. The molecule has 0 spiro atoms. The van der Waals surface area contributed by atoms with Gasteiger partial charge in [0.25, 0.3) is 0 Å². The molecular weight excluding hydrogens is 684 g/mol. The molecule has 0 bridgehead atoms. The third-order valence-electron chi connectivity index (χ3n) is 18.8. The number of aliphatic hydroxyl groups excluding tert-OH is 5. The van der Waals surface area contributed by atoms with E-state index in [1.807, 2.05) is 6.08 Å². The molecule has 7 saturated carbocycles. The normalized spacial score (nSPS) is 51.1. The molecule has 9 heteroatoms. The molecule has 304 valence electrons. The Hall–Kier alpha value is -1.65. The van der Waals surface area contributed by atoms with Gasteiger partial charge >= 0.3 is 5.97 Å². The summed E-state index contributed by atoms with van der Waals surface area (Å²) in [5.74, 6) is 2.12. The van der Waals surface area contributed by atoms with Crippen LogP contribution in [0.5, 0.6) is 0 Å². The molecule has 0 aromatic heterocycles. The van der Waals surface area contributed by atoms with E-state index in [0.717, 1.165) is 77.0 Å². The smallest absolute Gasteiger partial charge is 0.303 e. The van der Waals surface area contributed by atoms with Gasteiger partial charge in [0.15, 0.2) is 11.6 Å². The number of aliphatic hydroxyl groups is 5. The molecule has 0 unspecified atom stereocenters. The maximum atomic E-state index is 12.3. The average Bonchev–Trinajstić information content (AvgIpc) is 3.65. The fraction of sp³-hybridized carbons (Fsp3) is 0.889. The number of fused-ring (bicyclic) bond motifs is 10. The highest BCUT2D eigenvalue weighted by Crippen LogP contribution is 2.69. The number of carboxylic acids is 1. The van der Waals surface area contributed by atoms with Gasteiger partial charge in [0.2, 0.25) is 0 Å². The Morgan fingerprint density at radius 3 is 2.26 bits per heavy atom. The Balaban J connectivity index is 0.000000168. The van der Waals surface area contributed by atoms with E-state index in [2.05, 4.69) is 34.6 Å². The number of Topliss-reactive ketones (excluding diaryl/α,β-unsaturated/α-hetero) is 1. The first-order valence-corrected chi connectivity index (χ1v) is 21.7. The minimum atomic E-state index is -0.748. The number of carbonyl (C=O) groups is 3. The maximum Gasteiger partial charge on any atom is 0.303 e. The van der Waals surface area contributed by atoms with E-state index in [4.69, 9.17) is 5.11 Å². The van der Waals surface area contributed by atoms with Gasteiger partial charge in [-0.05, 0) is 171 Å². The zero-order valence-corrected chi connectivity index (χ0v) is 33.6. The van der Waals surface area contributed by atoms with Crippen LogP contribution in [0, 0.1) is 80.8 Å². The Morgan fingerprint density at radius 2 is 1.56 bits per heavy atom. The van der Waals surface area contributed by atoms with Crippen LogP contribution in [0.2, 0.25) is 0 Å². The molecule has 6 N–H and O–H groups in total. The summed E-state index contributed by atoms with van der Waals surface area (Å²) in [5, 5.41) is 62.6. The molecule has 18 atom stereocenters. The second-order valence-electron chi connectivity index (χ2n) is 20.9. The van der Waals surface area contributed by atoms with Crippen LogP contribution < -0.4 is 0 Å². The number of carboxylic acid groups (broad SMARTS) is 1. The summed E-state index contributed by atoms with van der Waals surface area (Å²) < 4.78 is 0. The Bertz CT molecular complexity index is 1490. The molecule has 9 nitrogen and oxygen atoms in total. The van der Waals surface area contributed by atoms with Gasteiger partial charge in [0, 0.05) is 18.8 Å².